The molecule has 0 saturated carbocycles. The first-order valence-electron chi connectivity index (χ1n) is 6.20. The second-order valence-corrected chi connectivity index (χ2v) is 4.33. The first kappa shape index (κ1) is 14.8. The van der Waals surface area contributed by atoms with Crippen molar-refractivity contribution in [3.05, 3.63) is 41.5 Å². The summed E-state index contributed by atoms with van der Waals surface area (Å²) in [5, 5.41) is 18.2. The van der Waals surface area contributed by atoms with Crippen molar-refractivity contribution in [2.45, 2.75) is 19.0 Å². The summed E-state index contributed by atoms with van der Waals surface area (Å²) in [5.41, 5.74) is -0.822. The highest BCUT2D eigenvalue weighted by molar-refractivity contribution is 5.53. The molecule has 2 aromatic rings. The minimum Gasteiger partial charge on any atom is -0.385 e. The van der Waals surface area contributed by atoms with Crippen molar-refractivity contribution in [3.8, 4) is 6.07 Å². The average molecular weight is 295 g/mol. The Labute approximate surface area is 118 Å². The van der Waals surface area contributed by atoms with Crippen molar-refractivity contribution in [2.24, 2.45) is 0 Å². The lowest BCUT2D eigenvalue weighted by Crippen LogP contribution is -2.09. The number of hydrogen-bond donors (Lipinski definition) is 2. The van der Waals surface area contributed by atoms with E-state index >= 15 is 0 Å². The number of halogens is 3. The molecule has 5 nitrogen and oxygen atoms in total. The number of nitrogens with zero attached hydrogens (tertiary/aromatic N) is 3. The molecule has 0 aliphatic carbocycles. The van der Waals surface area contributed by atoms with Gasteiger partial charge in [0.15, 0.2) is 0 Å². The molecule has 0 fully saturated rings. The third kappa shape index (κ3) is 3.95. The van der Waals surface area contributed by atoms with Gasteiger partial charge in [-0.2, -0.15) is 23.5 Å². The van der Waals surface area contributed by atoms with Crippen LogP contribution in [0.3, 0.4) is 0 Å². The van der Waals surface area contributed by atoms with Crippen LogP contribution in [0.5, 0.6) is 0 Å². The molecule has 1 aromatic heterocycles. The molecule has 2 N–H and O–H groups in total. The maximum absolute atomic E-state index is 12.6. The number of alkyl halides is 3. The normalized spacial score (nSPS) is 11.1. The first-order chi connectivity index (χ1) is 10.0. The molecule has 2 rings (SSSR count). The number of hydrogen-bond acceptors (Lipinski definition) is 4. The third-order valence-corrected chi connectivity index (χ3v) is 2.83. The van der Waals surface area contributed by atoms with Crippen LogP contribution >= 0.6 is 0 Å². The van der Waals surface area contributed by atoms with Crippen molar-refractivity contribution in [2.75, 3.05) is 11.9 Å². The Morgan fingerprint density at radius 1 is 1.33 bits per heavy atom. The minimum atomic E-state index is -4.52. The van der Waals surface area contributed by atoms with Gasteiger partial charge >= 0.3 is 6.18 Å². The molecule has 0 atom stereocenters. The summed E-state index contributed by atoms with van der Waals surface area (Å²) in [6.45, 7) is 0.553. The third-order valence-electron chi connectivity index (χ3n) is 2.83. The smallest absolute Gasteiger partial charge is 0.385 e. The Morgan fingerprint density at radius 3 is 2.76 bits per heavy atom. The quantitative estimate of drug-likeness (QED) is 0.831. The highest BCUT2D eigenvalue weighted by atomic mass is 19.4. The molecule has 1 aromatic carbocycles. The molecule has 0 spiro atoms. The molecule has 8 heteroatoms. The van der Waals surface area contributed by atoms with Crippen molar-refractivity contribution in [3.63, 3.8) is 0 Å². The van der Waals surface area contributed by atoms with Crippen molar-refractivity contribution < 1.29 is 13.2 Å². The van der Waals surface area contributed by atoms with Gasteiger partial charge in [0, 0.05) is 18.7 Å². The summed E-state index contributed by atoms with van der Waals surface area (Å²) in [4.78, 5) is 3.96. The molecule has 0 bridgehead atoms. The summed E-state index contributed by atoms with van der Waals surface area (Å²) in [5.74, 6) is 0.752. The van der Waals surface area contributed by atoms with E-state index < -0.39 is 11.7 Å². The Bertz CT molecular complexity index is 628. The second kappa shape index (κ2) is 6.26. The van der Waals surface area contributed by atoms with Gasteiger partial charge in [0.2, 0.25) is 0 Å². The predicted octanol–water partition coefficient (Wildman–Crippen LogP) is 2.74. The molecule has 0 aliphatic heterocycles. The van der Waals surface area contributed by atoms with Gasteiger partial charge in [0.05, 0.1) is 17.2 Å². The standard InChI is InChI=1S/C13H12F3N5/c14-13(15,16)11-4-3-10(6-9(11)7-17)18-5-1-2-12-19-8-20-21-12/h3-4,6,8,18H,1-2,5H2,(H,19,20,21). The number of aryl methyl sites for hydroxylation is 1. The monoisotopic (exact) mass is 295 g/mol. The van der Waals surface area contributed by atoms with Gasteiger partial charge in [-0.15, -0.1) is 0 Å². The summed E-state index contributed by atoms with van der Waals surface area (Å²) in [7, 11) is 0. The molecule has 0 saturated heterocycles. The largest absolute Gasteiger partial charge is 0.417 e. The topological polar surface area (TPSA) is 77.4 Å². The number of benzene rings is 1. The molecule has 1 heterocycles. The van der Waals surface area contributed by atoms with Crippen LogP contribution in [0.15, 0.2) is 24.5 Å². The fourth-order valence-electron chi connectivity index (χ4n) is 1.83. The fraction of sp³-hybridized carbons (Fsp3) is 0.308. The maximum Gasteiger partial charge on any atom is 0.417 e. The van der Waals surface area contributed by atoms with Gasteiger partial charge in [0.1, 0.15) is 12.2 Å². The summed E-state index contributed by atoms with van der Waals surface area (Å²) in [6, 6.07) is 5.01. The molecular formula is C13H12F3N5. The zero-order chi connectivity index (χ0) is 15.3. The molecular weight excluding hydrogens is 283 g/mol. The van der Waals surface area contributed by atoms with Gasteiger partial charge in [0.25, 0.3) is 0 Å². The van der Waals surface area contributed by atoms with E-state index in [1.807, 2.05) is 0 Å². The van der Waals surface area contributed by atoms with Crippen LogP contribution in [0, 0.1) is 11.3 Å². The highest BCUT2D eigenvalue weighted by Crippen LogP contribution is 2.32. The molecule has 21 heavy (non-hydrogen) atoms. The number of aromatic nitrogens is 3. The van der Waals surface area contributed by atoms with Crippen LogP contribution in [-0.2, 0) is 12.6 Å². The number of aromatic amines is 1. The molecule has 0 aliphatic rings. The van der Waals surface area contributed by atoms with E-state index in [1.54, 1.807) is 6.07 Å². The van der Waals surface area contributed by atoms with E-state index in [2.05, 4.69) is 20.5 Å². The van der Waals surface area contributed by atoms with Gasteiger partial charge < -0.3 is 5.32 Å². The number of rotatable bonds is 5. The van der Waals surface area contributed by atoms with Crippen molar-refractivity contribution >= 4 is 5.69 Å². The summed E-state index contributed by atoms with van der Waals surface area (Å²) < 4.78 is 37.9. The van der Waals surface area contributed by atoms with E-state index in [9.17, 15) is 13.2 Å². The van der Waals surface area contributed by atoms with Crippen LogP contribution in [0.4, 0.5) is 18.9 Å². The van der Waals surface area contributed by atoms with E-state index in [-0.39, 0.29) is 5.56 Å². The lowest BCUT2D eigenvalue weighted by molar-refractivity contribution is -0.137. The van der Waals surface area contributed by atoms with Crippen LogP contribution in [0.25, 0.3) is 0 Å². The number of nitrogens with one attached hydrogen (secondary N) is 2. The maximum atomic E-state index is 12.6. The van der Waals surface area contributed by atoms with Crippen molar-refractivity contribution in [1.29, 1.82) is 5.26 Å². The zero-order valence-corrected chi connectivity index (χ0v) is 10.9. The van der Waals surface area contributed by atoms with Crippen LogP contribution in [0.2, 0.25) is 0 Å². The second-order valence-electron chi connectivity index (χ2n) is 4.33. The van der Waals surface area contributed by atoms with Gasteiger partial charge in [-0.1, -0.05) is 0 Å². The van der Waals surface area contributed by atoms with Crippen molar-refractivity contribution in [1.82, 2.24) is 15.2 Å². The Morgan fingerprint density at radius 2 is 2.14 bits per heavy atom. The lowest BCUT2D eigenvalue weighted by atomic mass is 10.1. The van der Waals surface area contributed by atoms with Gasteiger partial charge in [-0.25, -0.2) is 4.98 Å². The minimum absolute atomic E-state index is 0.386. The Hall–Kier alpha value is -2.56. The SMILES string of the molecule is N#Cc1cc(NCCCc2ncn[nH]2)ccc1C(F)(F)F. The predicted molar refractivity (Wildman–Crippen MR) is 69.4 cm³/mol. The summed E-state index contributed by atoms with van der Waals surface area (Å²) in [6.07, 6.45) is -1.69. The zero-order valence-electron chi connectivity index (χ0n) is 10.9. The average Bonchev–Trinajstić information content (AvgIpc) is 2.95. The van der Waals surface area contributed by atoms with Gasteiger partial charge in [-0.3, -0.25) is 5.10 Å². The Kier molecular flexibility index (Phi) is 4.42. The lowest BCUT2D eigenvalue weighted by Gasteiger charge is -2.11. The first-order valence-corrected chi connectivity index (χ1v) is 6.20. The summed E-state index contributed by atoms with van der Waals surface area (Å²) >= 11 is 0. The van der Waals surface area contributed by atoms with E-state index in [1.165, 1.54) is 18.5 Å². The highest BCUT2D eigenvalue weighted by Gasteiger charge is 2.33. The Balaban J connectivity index is 1.94. The van der Waals surface area contributed by atoms with Crippen LogP contribution in [-0.4, -0.2) is 21.7 Å². The number of nitriles is 1. The van der Waals surface area contributed by atoms with Crippen LogP contribution in [0.1, 0.15) is 23.4 Å². The molecule has 0 radical (unpaired) electrons. The molecule has 110 valence electrons. The number of anilines is 1. The molecule has 0 amide bonds. The molecule has 0 unspecified atom stereocenters. The van der Waals surface area contributed by atoms with E-state index in [4.69, 9.17) is 5.26 Å². The van der Waals surface area contributed by atoms with E-state index in [0.717, 1.165) is 18.3 Å². The van der Waals surface area contributed by atoms with E-state index in [0.29, 0.717) is 18.7 Å². The van der Waals surface area contributed by atoms with Crippen LogP contribution < -0.4 is 5.32 Å². The fourth-order valence-corrected chi connectivity index (χ4v) is 1.83. The van der Waals surface area contributed by atoms with Gasteiger partial charge in [-0.05, 0) is 24.6 Å². The number of H-pyrrole nitrogens is 1.